The maximum absolute atomic E-state index is 10.1. The quantitative estimate of drug-likeness (QED) is 0.813. The van der Waals surface area contributed by atoms with Crippen LogP contribution >= 0.6 is 11.8 Å². The van der Waals surface area contributed by atoms with E-state index < -0.39 is 6.23 Å². The van der Waals surface area contributed by atoms with Crippen LogP contribution in [0.1, 0.15) is 30.2 Å². The Balaban J connectivity index is 2.31. The average Bonchev–Trinajstić information content (AvgIpc) is 2.76. The van der Waals surface area contributed by atoms with Crippen molar-refractivity contribution in [1.82, 2.24) is 9.55 Å². The SMILES string of the molecule is CSc1ccc2c(c1)C(C)=NC(O)c1nc(C)cn1-2. The first-order valence-electron chi connectivity index (χ1n) is 6.07. The molecule has 1 N–H and O–H groups in total. The smallest absolute Gasteiger partial charge is 0.204 e. The van der Waals surface area contributed by atoms with E-state index in [9.17, 15) is 5.11 Å². The molecule has 19 heavy (non-hydrogen) atoms. The van der Waals surface area contributed by atoms with Crippen LogP contribution in [-0.2, 0) is 0 Å². The second-order valence-electron chi connectivity index (χ2n) is 4.58. The minimum atomic E-state index is -0.904. The molecule has 1 unspecified atom stereocenters. The summed E-state index contributed by atoms with van der Waals surface area (Å²) in [5.74, 6) is 0.576. The van der Waals surface area contributed by atoms with Crippen LogP contribution in [0.25, 0.3) is 5.69 Å². The van der Waals surface area contributed by atoms with Crippen molar-refractivity contribution >= 4 is 17.5 Å². The second-order valence-corrected chi connectivity index (χ2v) is 5.46. The number of hydrogen-bond donors (Lipinski definition) is 1. The molecule has 4 nitrogen and oxygen atoms in total. The number of nitrogens with zero attached hydrogens (tertiary/aromatic N) is 3. The summed E-state index contributed by atoms with van der Waals surface area (Å²) in [7, 11) is 0. The number of thioether (sulfide) groups is 1. The van der Waals surface area contributed by atoms with Gasteiger partial charge in [0, 0.05) is 22.4 Å². The Labute approximate surface area is 116 Å². The van der Waals surface area contributed by atoms with Crippen molar-refractivity contribution in [1.29, 1.82) is 0 Å². The summed E-state index contributed by atoms with van der Waals surface area (Å²) in [6, 6.07) is 6.24. The fourth-order valence-corrected chi connectivity index (χ4v) is 2.78. The number of aryl methyl sites for hydroxylation is 1. The van der Waals surface area contributed by atoms with Crippen LogP contribution in [-0.4, -0.2) is 26.6 Å². The molecule has 1 aliphatic rings. The van der Waals surface area contributed by atoms with Gasteiger partial charge in [0.2, 0.25) is 6.23 Å². The van der Waals surface area contributed by atoms with Gasteiger partial charge in [-0.1, -0.05) is 0 Å². The first kappa shape index (κ1) is 12.4. The highest BCUT2D eigenvalue weighted by Gasteiger charge is 2.22. The molecule has 0 saturated heterocycles. The molecule has 1 aromatic heterocycles. The van der Waals surface area contributed by atoms with Crippen molar-refractivity contribution in [2.75, 3.05) is 6.26 Å². The second kappa shape index (κ2) is 4.51. The molecular formula is C14H15N3OS. The van der Waals surface area contributed by atoms with Crippen molar-refractivity contribution in [3.8, 4) is 5.69 Å². The topological polar surface area (TPSA) is 50.4 Å². The average molecular weight is 273 g/mol. The lowest BCUT2D eigenvalue weighted by atomic mass is 10.1. The Morgan fingerprint density at radius 1 is 1.32 bits per heavy atom. The molecular weight excluding hydrogens is 258 g/mol. The number of imidazole rings is 1. The molecule has 0 fully saturated rings. The molecule has 0 bridgehead atoms. The third kappa shape index (κ3) is 1.99. The third-order valence-electron chi connectivity index (χ3n) is 3.25. The Morgan fingerprint density at radius 3 is 2.84 bits per heavy atom. The van der Waals surface area contributed by atoms with Crippen molar-refractivity contribution in [2.45, 2.75) is 25.0 Å². The van der Waals surface area contributed by atoms with E-state index in [-0.39, 0.29) is 0 Å². The van der Waals surface area contributed by atoms with Crippen LogP contribution in [0.15, 0.2) is 34.3 Å². The largest absolute Gasteiger partial charge is 0.365 e. The van der Waals surface area contributed by atoms with Crippen LogP contribution in [0, 0.1) is 6.92 Å². The van der Waals surface area contributed by atoms with E-state index in [1.807, 2.05) is 30.9 Å². The molecule has 1 aromatic carbocycles. The highest BCUT2D eigenvalue weighted by molar-refractivity contribution is 7.98. The van der Waals surface area contributed by atoms with Gasteiger partial charge in [0.25, 0.3) is 0 Å². The number of rotatable bonds is 1. The van der Waals surface area contributed by atoms with Crippen LogP contribution < -0.4 is 0 Å². The monoisotopic (exact) mass is 273 g/mol. The van der Waals surface area contributed by atoms with Gasteiger partial charge in [-0.3, -0.25) is 9.56 Å². The number of aromatic nitrogens is 2. The molecule has 98 valence electrons. The number of aliphatic imine (C=N–C) groups is 1. The van der Waals surface area contributed by atoms with E-state index in [0.717, 1.165) is 22.7 Å². The fourth-order valence-electron chi connectivity index (χ4n) is 2.34. The van der Waals surface area contributed by atoms with E-state index in [2.05, 4.69) is 28.2 Å². The fraction of sp³-hybridized carbons (Fsp3) is 0.286. The Morgan fingerprint density at radius 2 is 2.11 bits per heavy atom. The van der Waals surface area contributed by atoms with Crippen molar-refractivity contribution in [2.24, 2.45) is 4.99 Å². The molecule has 0 spiro atoms. The van der Waals surface area contributed by atoms with Crippen LogP contribution in [0.5, 0.6) is 0 Å². The highest BCUT2D eigenvalue weighted by Crippen LogP contribution is 2.29. The molecule has 0 amide bonds. The molecule has 2 heterocycles. The van der Waals surface area contributed by atoms with Gasteiger partial charge in [0.05, 0.1) is 11.4 Å². The standard InChI is InChI=1S/C14H15N3OS/c1-8-7-17-12-5-4-10(19-3)6-11(12)9(2)16-14(18)13(17)15-8/h4-7,14,18H,1-3H3. The zero-order valence-corrected chi connectivity index (χ0v) is 11.9. The molecule has 0 aliphatic carbocycles. The van der Waals surface area contributed by atoms with E-state index in [4.69, 9.17) is 0 Å². The van der Waals surface area contributed by atoms with Gasteiger partial charge in [-0.15, -0.1) is 11.8 Å². The van der Waals surface area contributed by atoms with Gasteiger partial charge < -0.3 is 5.11 Å². The summed E-state index contributed by atoms with van der Waals surface area (Å²) in [6.45, 7) is 3.84. The van der Waals surface area contributed by atoms with Crippen molar-refractivity contribution < 1.29 is 5.11 Å². The zero-order valence-electron chi connectivity index (χ0n) is 11.1. The summed E-state index contributed by atoms with van der Waals surface area (Å²) in [6.07, 6.45) is 3.08. The highest BCUT2D eigenvalue weighted by atomic mass is 32.2. The number of fused-ring (bicyclic) bond motifs is 3. The molecule has 3 rings (SSSR count). The van der Waals surface area contributed by atoms with Gasteiger partial charge in [-0.25, -0.2) is 4.98 Å². The molecule has 0 radical (unpaired) electrons. The minimum absolute atomic E-state index is 0.576. The van der Waals surface area contributed by atoms with Crippen molar-refractivity contribution in [3.63, 3.8) is 0 Å². The molecule has 5 heteroatoms. The minimum Gasteiger partial charge on any atom is -0.365 e. The van der Waals surface area contributed by atoms with Gasteiger partial charge in [-0.05, 0) is 38.3 Å². The van der Waals surface area contributed by atoms with Gasteiger partial charge in [0.1, 0.15) is 0 Å². The Kier molecular flexibility index (Phi) is 2.95. The van der Waals surface area contributed by atoms with E-state index in [0.29, 0.717) is 5.82 Å². The lowest BCUT2D eigenvalue weighted by molar-refractivity contribution is 0.177. The summed E-state index contributed by atoms with van der Waals surface area (Å²) >= 11 is 1.70. The predicted molar refractivity (Wildman–Crippen MR) is 77.3 cm³/mol. The molecule has 2 aromatic rings. The summed E-state index contributed by atoms with van der Waals surface area (Å²) in [4.78, 5) is 9.88. The molecule has 0 saturated carbocycles. The number of aliphatic hydroxyl groups excluding tert-OH is 1. The zero-order chi connectivity index (χ0) is 13.6. The number of hydrogen-bond acceptors (Lipinski definition) is 4. The Hall–Kier alpha value is -1.59. The molecule has 1 atom stereocenters. The Bertz CT molecular complexity index is 675. The normalized spacial score (nSPS) is 17.5. The lowest BCUT2D eigenvalue weighted by Crippen LogP contribution is -2.04. The van der Waals surface area contributed by atoms with Gasteiger partial charge in [0.15, 0.2) is 5.82 Å². The predicted octanol–water partition coefficient (Wildman–Crippen LogP) is 2.72. The summed E-state index contributed by atoms with van der Waals surface area (Å²) < 4.78 is 1.93. The maximum Gasteiger partial charge on any atom is 0.204 e. The van der Waals surface area contributed by atoms with Gasteiger partial charge >= 0.3 is 0 Å². The lowest BCUT2D eigenvalue weighted by Gasteiger charge is -2.10. The third-order valence-corrected chi connectivity index (χ3v) is 3.98. The van der Waals surface area contributed by atoms with Crippen LogP contribution in [0.3, 0.4) is 0 Å². The number of aliphatic hydroxyl groups is 1. The van der Waals surface area contributed by atoms with Crippen LogP contribution in [0.2, 0.25) is 0 Å². The van der Waals surface area contributed by atoms with Gasteiger partial charge in [-0.2, -0.15) is 0 Å². The van der Waals surface area contributed by atoms with E-state index in [1.165, 1.54) is 4.90 Å². The summed E-state index contributed by atoms with van der Waals surface area (Å²) in [5.41, 5.74) is 3.78. The first-order chi connectivity index (χ1) is 9.10. The number of benzene rings is 1. The molecule has 1 aliphatic heterocycles. The van der Waals surface area contributed by atoms with Crippen LogP contribution in [0.4, 0.5) is 0 Å². The van der Waals surface area contributed by atoms with E-state index >= 15 is 0 Å². The van der Waals surface area contributed by atoms with E-state index in [1.54, 1.807) is 11.8 Å². The summed E-state index contributed by atoms with van der Waals surface area (Å²) in [5, 5.41) is 10.1. The first-order valence-corrected chi connectivity index (χ1v) is 7.30. The maximum atomic E-state index is 10.1. The van der Waals surface area contributed by atoms with Crippen molar-refractivity contribution in [3.05, 3.63) is 41.5 Å².